The van der Waals surface area contributed by atoms with E-state index in [9.17, 15) is 0 Å². The molecule has 0 bridgehead atoms. The molecule has 2 aliphatic rings. The van der Waals surface area contributed by atoms with E-state index in [4.69, 9.17) is 5.73 Å². The highest BCUT2D eigenvalue weighted by atomic mass is 14.7. The van der Waals surface area contributed by atoms with Crippen molar-refractivity contribution in [2.24, 2.45) is 28.9 Å². The maximum Gasteiger partial charge on any atom is 0.00672 e. The lowest BCUT2D eigenvalue weighted by molar-refractivity contribution is 0.137. The molecule has 0 aromatic heterocycles. The average Bonchev–Trinajstić information content (AvgIpc) is 3.09. The van der Waals surface area contributed by atoms with Gasteiger partial charge < -0.3 is 5.73 Å². The first-order valence-corrected chi connectivity index (χ1v) is 7.72. The molecule has 100 valence electrons. The predicted molar refractivity (Wildman–Crippen MR) is 74.8 cm³/mol. The minimum absolute atomic E-state index is 0.497. The maximum atomic E-state index is 6.38. The van der Waals surface area contributed by atoms with Crippen LogP contribution in [-0.4, -0.2) is 6.04 Å². The number of nitrogens with two attached hydrogens (primary N) is 1. The third-order valence-electron chi connectivity index (χ3n) is 5.21. The lowest BCUT2D eigenvalue weighted by Crippen LogP contribution is -2.35. The van der Waals surface area contributed by atoms with E-state index in [0.717, 1.165) is 17.8 Å². The third kappa shape index (κ3) is 3.98. The summed E-state index contributed by atoms with van der Waals surface area (Å²) in [6.45, 7) is 7.18. The summed E-state index contributed by atoms with van der Waals surface area (Å²) in [6, 6.07) is 0.497. The topological polar surface area (TPSA) is 26.0 Å². The van der Waals surface area contributed by atoms with Crippen molar-refractivity contribution in [3.8, 4) is 0 Å². The van der Waals surface area contributed by atoms with Gasteiger partial charge in [0.05, 0.1) is 0 Å². The normalized spacial score (nSPS) is 32.5. The lowest BCUT2D eigenvalue weighted by Gasteiger charge is -2.38. The zero-order chi connectivity index (χ0) is 12.5. The van der Waals surface area contributed by atoms with Gasteiger partial charge in [-0.15, -0.1) is 0 Å². The van der Waals surface area contributed by atoms with Crippen LogP contribution in [0.15, 0.2) is 0 Å². The Morgan fingerprint density at radius 1 is 1.00 bits per heavy atom. The molecule has 0 heterocycles. The molecule has 0 aliphatic heterocycles. The Balaban J connectivity index is 1.70. The molecule has 0 amide bonds. The van der Waals surface area contributed by atoms with Crippen LogP contribution in [0.1, 0.15) is 72.1 Å². The van der Waals surface area contributed by atoms with Gasteiger partial charge in [0.25, 0.3) is 0 Å². The minimum atomic E-state index is 0.497. The Morgan fingerprint density at radius 3 is 2.06 bits per heavy atom. The van der Waals surface area contributed by atoms with Gasteiger partial charge in [-0.2, -0.15) is 0 Å². The second kappa shape index (κ2) is 5.30. The van der Waals surface area contributed by atoms with E-state index in [1.807, 2.05) is 0 Å². The Labute approximate surface area is 108 Å². The molecule has 1 heteroatoms. The molecule has 0 spiro atoms. The zero-order valence-corrected chi connectivity index (χ0v) is 12.0. The molecule has 2 rings (SSSR count). The Kier molecular flexibility index (Phi) is 4.18. The first-order valence-electron chi connectivity index (χ1n) is 7.72. The SMILES string of the molecule is CC(C)(C)C1CCC(C(N)CCC2CC2)CC1. The van der Waals surface area contributed by atoms with Crippen molar-refractivity contribution in [2.75, 3.05) is 0 Å². The van der Waals surface area contributed by atoms with E-state index in [0.29, 0.717) is 11.5 Å². The summed E-state index contributed by atoms with van der Waals surface area (Å²) in [6.07, 6.45) is 11.2. The highest BCUT2D eigenvalue weighted by Gasteiger charge is 2.32. The molecule has 17 heavy (non-hydrogen) atoms. The van der Waals surface area contributed by atoms with Gasteiger partial charge in [-0.05, 0) is 61.7 Å². The Bertz CT molecular complexity index is 228. The van der Waals surface area contributed by atoms with Gasteiger partial charge in [-0.1, -0.05) is 33.6 Å². The van der Waals surface area contributed by atoms with Crippen LogP contribution in [0.4, 0.5) is 0 Å². The van der Waals surface area contributed by atoms with Gasteiger partial charge in [0, 0.05) is 6.04 Å². The summed E-state index contributed by atoms with van der Waals surface area (Å²) in [7, 11) is 0. The molecule has 0 radical (unpaired) electrons. The van der Waals surface area contributed by atoms with E-state index in [1.165, 1.54) is 51.4 Å². The third-order valence-corrected chi connectivity index (χ3v) is 5.21. The van der Waals surface area contributed by atoms with Gasteiger partial charge in [-0.25, -0.2) is 0 Å². The van der Waals surface area contributed by atoms with Crippen LogP contribution in [-0.2, 0) is 0 Å². The number of hydrogen-bond acceptors (Lipinski definition) is 1. The molecule has 2 saturated carbocycles. The first kappa shape index (κ1) is 13.4. The Hall–Kier alpha value is -0.0400. The largest absolute Gasteiger partial charge is 0.327 e. The number of hydrogen-bond donors (Lipinski definition) is 1. The van der Waals surface area contributed by atoms with Crippen LogP contribution in [0.5, 0.6) is 0 Å². The highest BCUT2D eigenvalue weighted by molar-refractivity contribution is 4.85. The van der Waals surface area contributed by atoms with E-state index < -0.39 is 0 Å². The highest BCUT2D eigenvalue weighted by Crippen LogP contribution is 2.41. The van der Waals surface area contributed by atoms with Crippen molar-refractivity contribution in [1.82, 2.24) is 0 Å². The quantitative estimate of drug-likeness (QED) is 0.772. The fourth-order valence-corrected chi connectivity index (χ4v) is 3.48. The summed E-state index contributed by atoms with van der Waals surface area (Å²) in [4.78, 5) is 0. The standard InChI is InChI=1S/C16H31N/c1-16(2,3)14-9-7-13(8-10-14)15(17)11-6-12-4-5-12/h12-15H,4-11,17H2,1-3H3. The molecule has 2 aliphatic carbocycles. The van der Waals surface area contributed by atoms with Crippen molar-refractivity contribution in [3.63, 3.8) is 0 Å². The molecular weight excluding hydrogens is 206 g/mol. The van der Waals surface area contributed by atoms with Crippen LogP contribution in [0, 0.1) is 23.2 Å². The summed E-state index contributed by atoms with van der Waals surface area (Å²) in [5.41, 5.74) is 6.88. The van der Waals surface area contributed by atoms with Crippen molar-refractivity contribution in [1.29, 1.82) is 0 Å². The summed E-state index contributed by atoms with van der Waals surface area (Å²) in [5, 5.41) is 0. The molecule has 2 fully saturated rings. The van der Waals surface area contributed by atoms with Crippen molar-refractivity contribution in [3.05, 3.63) is 0 Å². The van der Waals surface area contributed by atoms with Gasteiger partial charge in [0.2, 0.25) is 0 Å². The molecule has 1 unspecified atom stereocenters. The monoisotopic (exact) mass is 237 g/mol. The average molecular weight is 237 g/mol. The van der Waals surface area contributed by atoms with E-state index in [-0.39, 0.29) is 0 Å². The first-order chi connectivity index (χ1) is 7.97. The van der Waals surface area contributed by atoms with Crippen LogP contribution in [0.2, 0.25) is 0 Å². The van der Waals surface area contributed by atoms with Crippen molar-refractivity contribution < 1.29 is 0 Å². The summed E-state index contributed by atoms with van der Waals surface area (Å²) >= 11 is 0. The molecule has 1 nitrogen and oxygen atoms in total. The molecule has 0 aromatic rings. The lowest BCUT2D eigenvalue weighted by atomic mass is 9.68. The van der Waals surface area contributed by atoms with Crippen LogP contribution in [0.3, 0.4) is 0 Å². The molecular formula is C16H31N. The van der Waals surface area contributed by atoms with Crippen molar-refractivity contribution >= 4 is 0 Å². The zero-order valence-electron chi connectivity index (χ0n) is 12.0. The fourth-order valence-electron chi connectivity index (χ4n) is 3.48. The van der Waals surface area contributed by atoms with E-state index in [2.05, 4.69) is 20.8 Å². The van der Waals surface area contributed by atoms with Gasteiger partial charge in [0.15, 0.2) is 0 Å². The second-order valence-electron chi connectivity index (χ2n) is 7.66. The van der Waals surface area contributed by atoms with Crippen LogP contribution < -0.4 is 5.73 Å². The summed E-state index contributed by atoms with van der Waals surface area (Å²) in [5.74, 6) is 2.80. The molecule has 2 N–H and O–H groups in total. The predicted octanol–water partition coefficient (Wildman–Crippen LogP) is 4.36. The van der Waals surface area contributed by atoms with Crippen LogP contribution >= 0.6 is 0 Å². The second-order valence-corrected chi connectivity index (χ2v) is 7.66. The summed E-state index contributed by atoms with van der Waals surface area (Å²) < 4.78 is 0. The van der Waals surface area contributed by atoms with Gasteiger partial charge in [-0.3, -0.25) is 0 Å². The molecule has 1 atom stereocenters. The van der Waals surface area contributed by atoms with Crippen LogP contribution in [0.25, 0.3) is 0 Å². The van der Waals surface area contributed by atoms with Gasteiger partial charge >= 0.3 is 0 Å². The Morgan fingerprint density at radius 2 is 1.59 bits per heavy atom. The van der Waals surface area contributed by atoms with E-state index >= 15 is 0 Å². The van der Waals surface area contributed by atoms with Crippen molar-refractivity contribution in [2.45, 2.75) is 78.2 Å². The molecule has 0 saturated heterocycles. The van der Waals surface area contributed by atoms with Gasteiger partial charge in [0.1, 0.15) is 0 Å². The fraction of sp³-hybridized carbons (Fsp3) is 1.00. The minimum Gasteiger partial charge on any atom is -0.327 e. The van der Waals surface area contributed by atoms with E-state index in [1.54, 1.807) is 0 Å². The maximum absolute atomic E-state index is 6.38. The molecule has 0 aromatic carbocycles. The smallest absolute Gasteiger partial charge is 0.00672 e. The number of rotatable bonds is 4.